The Balaban J connectivity index is 1.09. The quantitative estimate of drug-likeness (QED) is 0.105. The predicted octanol–water partition coefficient (Wildman–Crippen LogP) is 13.5. The number of anilines is 1. The fourth-order valence-corrected chi connectivity index (χ4v) is 14.6. The van der Waals surface area contributed by atoms with Crippen LogP contribution >= 0.6 is 58.4 Å². The Morgan fingerprint density at radius 1 is 0.807 bits per heavy atom. The van der Waals surface area contributed by atoms with E-state index < -0.39 is 10.1 Å². The zero-order valence-electron chi connectivity index (χ0n) is 32.7. The van der Waals surface area contributed by atoms with Crippen LogP contribution in [0.15, 0.2) is 126 Å². The molecule has 4 aliphatic rings. The lowest BCUT2D eigenvalue weighted by molar-refractivity contribution is -0.642. The molecule has 0 spiro atoms. The highest BCUT2D eigenvalue weighted by Crippen LogP contribution is 2.49. The standard InChI is InChI=1S/C46H52N2O3S6/c1-47-40-31-38(52-35-15-5-2-6-16-35)23-25-42(40)55-44(47)27-21-33-13-11-14-34(46(33)54-37-19-9-4-10-20-37)22-28-45-48(29-12-30-57(49,50)51)41-32-39(24-26-43(41)56-45)53-36-17-7-3-8-18-36/h4,9-10,19-28,31-32,35-36H,2-3,5-8,11-18,29-30H2,1H3/p+1. The molecule has 2 heterocycles. The molecule has 0 saturated heterocycles. The lowest BCUT2D eigenvalue weighted by Gasteiger charge is -2.23. The third kappa shape index (κ3) is 10.9. The molecule has 300 valence electrons. The predicted molar refractivity (Wildman–Crippen MR) is 248 cm³/mol. The number of rotatable bonds is 13. The van der Waals surface area contributed by atoms with Crippen molar-refractivity contribution in [1.29, 1.82) is 0 Å². The Labute approximate surface area is 360 Å². The van der Waals surface area contributed by atoms with Gasteiger partial charge in [0.2, 0.25) is 5.52 Å². The van der Waals surface area contributed by atoms with Crippen molar-refractivity contribution < 1.29 is 17.5 Å². The first kappa shape index (κ1) is 41.4. The maximum atomic E-state index is 11.7. The zero-order valence-corrected chi connectivity index (χ0v) is 37.6. The van der Waals surface area contributed by atoms with Crippen molar-refractivity contribution in [3.63, 3.8) is 0 Å². The van der Waals surface area contributed by atoms with Crippen molar-refractivity contribution in [2.45, 2.75) is 120 Å². The van der Waals surface area contributed by atoms with E-state index in [1.54, 1.807) is 11.8 Å². The van der Waals surface area contributed by atoms with Gasteiger partial charge < -0.3 is 4.90 Å². The summed E-state index contributed by atoms with van der Waals surface area (Å²) in [5.74, 6) is -0.247. The van der Waals surface area contributed by atoms with Crippen LogP contribution in [0.5, 0.6) is 0 Å². The van der Waals surface area contributed by atoms with E-state index in [1.165, 1.54) is 115 Å². The Hall–Kier alpha value is -2.38. The maximum absolute atomic E-state index is 11.7. The van der Waals surface area contributed by atoms with Crippen LogP contribution in [-0.4, -0.2) is 35.8 Å². The lowest BCUT2D eigenvalue weighted by atomic mass is 9.94. The molecule has 2 fully saturated rings. The number of nitrogens with zero attached hydrogens (tertiary/aromatic N) is 2. The highest BCUT2D eigenvalue weighted by Gasteiger charge is 2.27. The van der Waals surface area contributed by atoms with E-state index in [0.717, 1.165) is 35.2 Å². The van der Waals surface area contributed by atoms with Crippen molar-refractivity contribution in [2.75, 3.05) is 17.2 Å². The number of aryl methyl sites for hydroxylation is 1. The monoisotopic (exact) mass is 873 g/mol. The second-order valence-electron chi connectivity index (χ2n) is 15.6. The van der Waals surface area contributed by atoms with E-state index >= 15 is 0 Å². The fraction of sp³-hybridized carbons (Fsp3) is 0.413. The summed E-state index contributed by atoms with van der Waals surface area (Å²) in [4.78, 5) is 8.67. The van der Waals surface area contributed by atoms with Crippen molar-refractivity contribution in [1.82, 2.24) is 0 Å². The average molecular weight is 874 g/mol. The largest absolute Gasteiger partial charge is 0.335 e. The SMILES string of the molecule is C[n+]1c(C=CC2=C(Sc3ccccc3)C(=CC=C3Sc4ccc(SC5CCCCC5)cc4N3CCCS(=O)(=O)O)CCC2)sc2ccc(SC3CCCCC3)cc21. The van der Waals surface area contributed by atoms with Crippen LogP contribution in [0.25, 0.3) is 16.3 Å². The van der Waals surface area contributed by atoms with Crippen LogP contribution in [0, 0.1) is 0 Å². The summed E-state index contributed by atoms with van der Waals surface area (Å²) in [5, 5.41) is 3.75. The van der Waals surface area contributed by atoms with Crippen LogP contribution in [0.2, 0.25) is 0 Å². The minimum atomic E-state index is -4.04. The molecule has 4 aromatic rings. The fourth-order valence-electron chi connectivity index (χ4n) is 8.33. The van der Waals surface area contributed by atoms with Crippen LogP contribution in [0.1, 0.15) is 94.9 Å². The molecular formula is C46H53N2O3S6+. The Bertz CT molecular complexity index is 2280. The molecule has 0 unspecified atom stereocenters. The summed E-state index contributed by atoms with van der Waals surface area (Å²) >= 11 is 9.53. The van der Waals surface area contributed by atoms with Gasteiger partial charge in [0, 0.05) is 53.7 Å². The van der Waals surface area contributed by atoms with Crippen molar-refractivity contribution in [3.8, 4) is 0 Å². The first-order chi connectivity index (χ1) is 27.8. The molecule has 2 saturated carbocycles. The first-order valence-electron chi connectivity index (χ1n) is 20.6. The molecule has 1 N–H and O–H groups in total. The molecule has 1 aliphatic heterocycles. The van der Waals surface area contributed by atoms with Crippen LogP contribution in [-0.2, 0) is 17.2 Å². The summed E-state index contributed by atoms with van der Waals surface area (Å²) in [6.07, 6.45) is 26.0. The summed E-state index contributed by atoms with van der Waals surface area (Å²) in [7, 11) is -1.84. The number of thioether (sulfide) groups is 4. The van der Waals surface area contributed by atoms with Crippen LogP contribution in [0.4, 0.5) is 5.69 Å². The Morgan fingerprint density at radius 2 is 1.51 bits per heavy atom. The number of thiazole rings is 1. The smallest absolute Gasteiger partial charge is 0.264 e. The van der Waals surface area contributed by atoms with Gasteiger partial charge in [-0.25, -0.2) is 0 Å². The van der Waals surface area contributed by atoms with E-state index in [9.17, 15) is 13.0 Å². The highest BCUT2D eigenvalue weighted by molar-refractivity contribution is 8.04. The van der Waals surface area contributed by atoms with Gasteiger partial charge in [-0.2, -0.15) is 13.0 Å². The normalized spacial score (nSPS) is 20.1. The zero-order chi connectivity index (χ0) is 39.2. The molecule has 1 aromatic heterocycles. The maximum Gasteiger partial charge on any atom is 0.264 e. The second-order valence-corrected chi connectivity index (χ2v) is 23.1. The molecule has 0 radical (unpaired) electrons. The van der Waals surface area contributed by atoms with Gasteiger partial charge in [0.05, 0.1) is 16.5 Å². The van der Waals surface area contributed by atoms with Crippen molar-refractivity contribution in [3.05, 3.63) is 111 Å². The molecule has 5 nitrogen and oxygen atoms in total. The first-order valence-corrected chi connectivity index (χ1v) is 26.4. The molecule has 57 heavy (non-hydrogen) atoms. The third-order valence-electron chi connectivity index (χ3n) is 11.3. The van der Waals surface area contributed by atoms with Crippen LogP contribution in [0.3, 0.4) is 0 Å². The van der Waals surface area contributed by atoms with Crippen molar-refractivity contribution >= 4 is 90.5 Å². The summed E-state index contributed by atoms with van der Waals surface area (Å²) in [6, 6.07) is 24.5. The van der Waals surface area contributed by atoms with E-state index in [2.05, 4.69) is 119 Å². The molecule has 0 bridgehead atoms. The van der Waals surface area contributed by atoms with Crippen molar-refractivity contribution in [2.24, 2.45) is 7.05 Å². The average Bonchev–Trinajstić information content (AvgIpc) is 3.72. The summed E-state index contributed by atoms with van der Waals surface area (Å²) in [6.45, 7) is 0.523. The molecule has 8 rings (SSSR count). The Kier molecular flexibility index (Phi) is 14.0. The van der Waals surface area contributed by atoms with Gasteiger partial charge in [0.15, 0.2) is 0 Å². The highest BCUT2D eigenvalue weighted by atomic mass is 32.2. The number of fused-ring (bicyclic) bond motifs is 2. The Morgan fingerprint density at radius 3 is 2.23 bits per heavy atom. The molecule has 0 atom stereocenters. The van der Waals surface area contributed by atoms with Gasteiger partial charge in [-0.1, -0.05) is 104 Å². The number of allylic oxidation sites excluding steroid dienone is 5. The third-order valence-corrected chi connectivity index (χ3v) is 18.3. The molecular weight excluding hydrogens is 821 g/mol. The minimum absolute atomic E-state index is 0.247. The van der Waals surface area contributed by atoms with Gasteiger partial charge >= 0.3 is 0 Å². The molecule has 0 amide bonds. The van der Waals surface area contributed by atoms with E-state index in [0.29, 0.717) is 18.2 Å². The number of aromatic nitrogens is 1. The molecule has 3 aromatic carbocycles. The topological polar surface area (TPSA) is 61.5 Å². The van der Waals surface area contributed by atoms with Gasteiger partial charge in [0.25, 0.3) is 15.1 Å². The summed E-state index contributed by atoms with van der Waals surface area (Å²) in [5.41, 5.74) is 5.14. The van der Waals surface area contributed by atoms with E-state index in [-0.39, 0.29) is 5.75 Å². The van der Waals surface area contributed by atoms with Gasteiger partial charge in [-0.05, 0) is 111 Å². The number of hydrogen-bond acceptors (Lipinski definition) is 8. The second kappa shape index (κ2) is 19.3. The van der Waals surface area contributed by atoms with Gasteiger partial charge in [0.1, 0.15) is 11.7 Å². The molecule has 11 heteroatoms. The lowest BCUT2D eigenvalue weighted by Crippen LogP contribution is -2.28. The van der Waals surface area contributed by atoms with Gasteiger partial charge in [-0.3, -0.25) is 4.55 Å². The minimum Gasteiger partial charge on any atom is -0.335 e. The van der Waals surface area contributed by atoms with E-state index in [4.69, 9.17) is 0 Å². The van der Waals surface area contributed by atoms with E-state index in [1.807, 2.05) is 34.9 Å². The number of hydrogen-bond donors (Lipinski definition) is 1. The molecule has 3 aliphatic carbocycles. The van der Waals surface area contributed by atoms with Crippen LogP contribution < -0.4 is 9.47 Å². The number of benzene rings is 3. The van der Waals surface area contributed by atoms with Gasteiger partial charge in [-0.15, -0.1) is 23.5 Å². The summed E-state index contributed by atoms with van der Waals surface area (Å²) < 4.78 is 36.7.